The topological polar surface area (TPSA) is 105 Å². The van der Waals surface area contributed by atoms with Crippen LogP contribution in [-0.2, 0) is 17.8 Å². The molecule has 2 aliphatic carbocycles. The average molecular weight is 547 g/mol. The third kappa shape index (κ3) is 5.00. The maximum absolute atomic E-state index is 15.6. The first-order valence-corrected chi connectivity index (χ1v) is 13.5. The van der Waals surface area contributed by atoms with Crippen LogP contribution in [0.5, 0.6) is 0 Å². The number of carbonyl (C=O) groups is 2. The van der Waals surface area contributed by atoms with Gasteiger partial charge in [-0.05, 0) is 80.9 Å². The van der Waals surface area contributed by atoms with Crippen molar-refractivity contribution in [3.63, 3.8) is 0 Å². The number of H-pyrrole nitrogens is 1. The van der Waals surface area contributed by atoms with Crippen LogP contribution >= 0.6 is 0 Å². The molecule has 2 amide bonds. The zero-order valence-electron chi connectivity index (χ0n) is 21.4. The molecule has 2 aromatic heterocycles. The van der Waals surface area contributed by atoms with Crippen LogP contribution in [0.25, 0.3) is 11.0 Å². The summed E-state index contributed by atoms with van der Waals surface area (Å²) >= 11 is 0. The lowest BCUT2D eigenvalue weighted by Crippen LogP contribution is -2.38. The zero-order valence-corrected chi connectivity index (χ0v) is 21.4. The second-order valence-electron chi connectivity index (χ2n) is 11.0. The molecule has 8 nitrogen and oxygen atoms in total. The van der Waals surface area contributed by atoms with E-state index in [2.05, 4.69) is 20.4 Å². The summed E-state index contributed by atoms with van der Waals surface area (Å²) in [5, 5.41) is 9.31. The summed E-state index contributed by atoms with van der Waals surface area (Å²) < 4.78 is 56.5. The Kier molecular flexibility index (Phi) is 6.38. The molecule has 1 aromatic carbocycles. The molecule has 39 heavy (non-hydrogen) atoms. The molecule has 2 saturated carbocycles. The number of hydrogen-bond donors (Lipinski definition) is 3. The number of imidazole rings is 1. The Morgan fingerprint density at radius 1 is 1.18 bits per heavy atom. The van der Waals surface area contributed by atoms with Crippen molar-refractivity contribution in [3.8, 4) is 0 Å². The monoisotopic (exact) mass is 546 g/mol. The van der Waals surface area contributed by atoms with Gasteiger partial charge in [-0.1, -0.05) is 6.07 Å². The van der Waals surface area contributed by atoms with E-state index in [1.807, 2.05) is 12.2 Å². The average Bonchev–Trinajstić information content (AvgIpc) is 3.78. The minimum Gasteiger partial charge on any atom is -0.344 e. The summed E-state index contributed by atoms with van der Waals surface area (Å²) in [5.41, 5.74) is 1.05. The third-order valence-corrected chi connectivity index (χ3v) is 8.31. The Morgan fingerprint density at radius 3 is 2.51 bits per heavy atom. The summed E-state index contributed by atoms with van der Waals surface area (Å²) in [6, 6.07) is 2.40. The summed E-state index contributed by atoms with van der Waals surface area (Å²) in [6.45, 7) is 2.44. The van der Waals surface area contributed by atoms with Crippen molar-refractivity contribution in [3.05, 3.63) is 47.3 Å². The number of nitrogens with one attached hydrogen (secondary N) is 3. The highest BCUT2D eigenvalue weighted by molar-refractivity contribution is 5.92. The van der Waals surface area contributed by atoms with Crippen LogP contribution in [0.1, 0.15) is 66.9 Å². The fourth-order valence-corrected chi connectivity index (χ4v) is 6.04. The van der Waals surface area contributed by atoms with Gasteiger partial charge in [-0.3, -0.25) is 14.3 Å². The van der Waals surface area contributed by atoms with Gasteiger partial charge in [0.1, 0.15) is 23.1 Å². The molecule has 3 N–H and O–H groups in total. The van der Waals surface area contributed by atoms with Gasteiger partial charge in [0.2, 0.25) is 5.91 Å². The van der Waals surface area contributed by atoms with Crippen molar-refractivity contribution < 1.29 is 27.2 Å². The van der Waals surface area contributed by atoms with Gasteiger partial charge >= 0.3 is 6.18 Å². The number of alkyl halides is 3. The van der Waals surface area contributed by atoms with Crippen LogP contribution in [0.15, 0.2) is 24.4 Å². The second kappa shape index (κ2) is 9.63. The molecule has 3 fully saturated rings. The highest BCUT2D eigenvalue weighted by Crippen LogP contribution is 2.54. The number of rotatable bonds is 9. The Balaban J connectivity index is 1.30. The number of amides is 2. The molecule has 208 valence electrons. The fourth-order valence-electron chi connectivity index (χ4n) is 6.04. The molecule has 2 unspecified atom stereocenters. The maximum Gasteiger partial charge on any atom is 0.408 e. The number of fused-ring (bicyclic) bond motifs is 1. The van der Waals surface area contributed by atoms with E-state index in [1.165, 1.54) is 6.07 Å². The molecule has 0 spiro atoms. The Bertz CT molecular complexity index is 1390. The van der Waals surface area contributed by atoms with Crippen molar-refractivity contribution in [2.45, 2.75) is 70.3 Å². The van der Waals surface area contributed by atoms with Crippen LogP contribution in [0, 0.1) is 29.5 Å². The third-order valence-electron chi connectivity index (χ3n) is 8.31. The predicted molar refractivity (Wildman–Crippen MR) is 133 cm³/mol. The number of aryl methyl sites for hydroxylation is 1. The Hall–Kier alpha value is -3.44. The molecule has 12 heteroatoms. The first-order chi connectivity index (χ1) is 18.6. The summed E-state index contributed by atoms with van der Waals surface area (Å²) in [4.78, 5) is 33.3. The highest BCUT2D eigenvalue weighted by atomic mass is 19.4. The van der Waals surface area contributed by atoms with Crippen LogP contribution in [0.4, 0.5) is 17.6 Å². The van der Waals surface area contributed by atoms with Gasteiger partial charge < -0.3 is 15.6 Å². The van der Waals surface area contributed by atoms with Gasteiger partial charge in [0.15, 0.2) is 5.82 Å². The van der Waals surface area contributed by atoms with Crippen LogP contribution < -0.4 is 10.6 Å². The normalized spacial score (nSPS) is 22.5. The van der Waals surface area contributed by atoms with E-state index in [-0.39, 0.29) is 29.3 Å². The smallest absolute Gasteiger partial charge is 0.344 e. The Morgan fingerprint density at radius 2 is 1.90 bits per heavy atom. The molecule has 6 rings (SSSR count). The van der Waals surface area contributed by atoms with E-state index in [0.717, 1.165) is 25.7 Å². The maximum atomic E-state index is 15.6. The molecular formula is C27H30F4N6O2. The quantitative estimate of drug-likeness (QED) is 0.345. The molecule has 3 aromatic rings. The molecule has 0 radical (unpaired) electrons. The van der Waals surface area contributed by atoms with Gasteiger partial charge in [0, 0.05) is 18.7 Å². The van der Waals surface area contributed by atoms with Crippen LogP contribution in [0.2, 0.25) is 0 Å². The summed E-state index contributed by atoms with van der Waals surface area (Å²) in [6.07, 6.45) is 0.727. The number of aromatic nitrogens is 4. The van der Waals surface area contributed by atoms with E-state index in [1.54, 1.807) is 23.0 Å². The minimum absolute atomic E-state index is 0.0523. The van der Waals surface area contributed by atoms with Gasteiger partial charge in [-0.2, -0.15) is 18.3 Å². The highest BCUT2D eigenvalue weighted by Gasteiger charge is 2.49. The number of nitrogens with zero attached hydrogens (tertiary/aromatic N) is 3. The van der Waals surface area contributed by atoms with Gasteiger partial charge in [0.25, 0.3) is 5.91 Å². The van der Waals surface area contributed by atoms with Gasteiger partial charge in [-0.25, -0.2) is 9.37 Å². The van der Waals surface area contributed by atoms with Crippen LogP contribution in [0.3, 0.4) is 0 Å². The number of aromatic amines is 1. The lowest BCUT2D eigenvalue weighted by atomic mass is 9.88. The number of hydrogen-bond acceptors (Lipinski definition) is 4. The number of benzene rings is 1. The molecule has 1 saturated heterocycles. The van der Waals surface area contributed by atoms with Gasteiger partial charge in [-0.15, -0.1) is 0 Å². The van der Waals surface area contributed by atoms with E-state index in [9.17, 15) is 22.8 Å². The zero-order chi connectivity index (χ0) is 27.5. The van der Waals surface area contributed by atoms with Crippen molar-refractivity contribution in [2.75, 3.05) is 0 Å². The predicted octanol–water partition coefficient (Wildman–Crippen LogP) is 4.44. The second-order valence-corrected chi connectivity index (χ2v) is 11.0. The molecular weight excluding hydrogens is 516 g/mol. The number of carbonyl (C=O) groups excluding carboxylic acids is 2. The molecule has 3 atom stereocenters. The summed E-state index contributed by atoms with van der Waals surface area (Å²) in [7, 11) is 0. The van der Waals surface area contributed by atoms with E-state index < -0.39 is 42.3 Å². The summed E-state index contributed by atoms with van der Waals surface area (Å²) in [5.74, 6) is -1.13. The lowest BCUT2D eigenvalue weighted by Gasteiger charge is -2.27. The van der Waals surface area contributed by atoms with E-state index in [4.69, 9.17) is 0 Å². The standard InChI is InChI=1S/C27H30F4N6O2/c1-2-37-18(9-10-32-37)26(39)36-23(20(13-3-4-13)14-5-6-14)24-33-17-8-7-15(21(28)22(17)35-24)11-16-12-19(27(29,30)31)34-25(16)38/h7-10,13-14,16,19-20,23H,2-6,11-12H2,1H3,(H,33,35)(H,34,38)(H,36,39)/t16?,19?,23-/m0/s1. The van der Waals surface area contributed by atoms with Crippen molar-refractivity contribution in [1.29, 1.82) is 0 Å². The molecule has 1 aliphatic heterocycles. The Labute approximate surface area is 221 Å². The van der Waals surface area contributed by atoms with E-state index >= 15 is 4.39 Å². The lowest BCUT2D eigenvalue weighted by molar-refractivity contribution is -0.154. The van der Waals surface area contributed by atoms with Gasteiger partial charge in [0.05, 0.1) is 11.6 Å². The van der Waals surface area contributed by atoms with E-state index in [0.29, 0.717) is 35.4 Å². The SMILES string of the molecule is CCn1nccc1C(=O)N[C@H](c1nc2c(F)c(CC3CC(C(F)(F)F)NC3=O)ccc2[nH]1)C(C1CC1)C1CC1. The van der Waals surface area contributed by atoms with Crippen molar-refractivity contribution in [2.24, 2.45) is 23.7 Å². The van der Waals surface area contributed by atoms with Crippen molar-refractivity contribution in [1.82, 2.24) is 30.4 Å². The molecule has 3 aliphatic rings. The largest absolute Gasteiger partial charge is 0.408 e. The minimum atomic E-state index is -4.54. The molecule has 3 heterocycles. The first kappa shape index (κ1) is 25.8. The number of halogens is 4. The van der Waals surface area contributed by atoms with Crippen LogP contribution in [-0.4, -0.2) is 43.8 Å². The first-order valence-electron chi connectivity index (χ1n) is 13.5. The molecule has 0 bridgehead atoms. The van der Waals surface area contributed by atoms with Crippen molar-refractivity contribution >= 4 is 22.8 Å². The fraction of sp³-hybridized carbons (Fsp3) is 0.556.